The summed E-state index contributed by atoms with van der Waals surface area (Å²) >= 11 is 6.03. The van der Waals surface area contributed by atoms with Crippen LogP contribution in [0.5, 0.6) is 5.75 Å². The number of aromatic carboxylic acids is 1. The number of fused-ring (bicyclic) bond motifs is 1. The first kappa shape index (κ1) is 26.8. The second kappa shape index (κ2) is 11.6. The average Bonchev–Trinajstić information content (AvgIpc) is 3.56. The predicted octanol–water partition coefficient (Wildman–Crippen LogP) is 6.70. The molecule has 7 nitrogen and oxygen atoms in total. The first-order valence-electron chi connectivity index (χ1n) is 13.9. The van der Waals surface area contributed by atoms with E-state index >= 15 is 0 Å². The molecule has 1 N–H and O–H groups in total. The van der Waals surface area contributed by atoms with Gasteiger partial charge in [0.25, 0.3) is 5.91 Å². The van der Waals surface area contributed by atoms with Gasteiger partial charge in [-0.2, -0.15) is 0 Å². The Bertz CT molecular complexity index is 1420. The molecule has 40 heavy (non-hydrogen) atoms. The zero-order chi connectivity index (χ0) is 27.6. The third-order valence-electron chi connectivity index (χ3n) is 8.05. The summed E-state index contributed by atoms with van der Waals surface area (Å²) < 4.78 is 18.2. The molecule has 1 saturated heterocycles. The van der Waals surface area contributed by atoms with Crippen LogP contribution in [0.4, 0.5) is 0 Å². The van der Waals surface area contributed by atoms with Crippen LogP contribution in [0, 0.1) is 0 Å². The molecule has 1 amide bonds. The Kier molecular flexibility index (Phi) is 7.78. The van der Waals surface area contributed by atoms with E-state index < -0.39 is 5.97 Å². The van der Waals surface area contributed by atoms with Crippen LogP contribution in [0.3, 0.4) is 0 Å². The van der Waals surface area contributed by atoms with Gasteiger partial charge in [-0.15, -0.1) is 0 Å². The van der Waals surface area contributed by atoms with Gasteiger partial charge in [-0.3, -0.25) is 4.79 Å². The van der Waals surface area contributed by atoms with E-state index in [1.165, 1.54) is 0 Å². The highest BCUT2D eigenvalue weighted by molar-refractivity contribution is 6.33. The normalized spacial score (nSPS) is 22.4. The molecule has 0 aromatic heterocycles. The van der Waals surface area contributed by atoms with E-state index in [-0.39, 0.29) is 34.9 Å². The monoisotopic (exact) mass is 561 g/mol. The first-order valence-corrected chi connectivity index (χ1v) is 14.3. The number of carbonyl (C=O) groups excluding carboxylic acids is 1. The molecule has 8 heteroatoms. The fourth-order valence-corrected chi connectivity index (χ4v) is 6.19. The van der Waals surface area contributed by atoms with Gasteiger partial charge in [-0.1, -0.05) is 35.9 Å². The lowest BCUT2D eigenvalue weighted by molar-refractivity contribution is -0.194. The van der Waals surface area contributed by atoms with Gasteiger partial charge in [0.15, 0.2) is 6.29 Å². The van der Waals surface area contributed by atoms with Crippen molar-refractivity contribution < 1.29 is 28.9 Å². The Morgan fingerprint density at radius 1 is 1.00 bits per heavy atom. The number of benzene rings is 3. The summed E-state index contributed by atoms with van der Waals surface area (Å²) in [5, 5.41) is 9.61. The van der Waals surface area contributed by atoms with Crippen LogP contribution in [0.25, 0.3) is 11.1 Å². The number of hydrogen-bond acceptors (Lipinski definition) is 5. The maximum absolute atomic E-state index is 13.3. The van der Waals surface area contributed by atoms with Gasteiger partial charge in [-0.05, 0) is 97.2 Å². The van der Waals surface area contributed by atoms with E-state index in [2.05, 4.69) is 0 Å². The van der Waals surface area contributed by atoms with Crippen LogP contribution in [-0.2, 0) is 22.6 Å². The Morgan fingerprint density at radius 2 is 1.88 bits per heavy atom. The minimum absolute atomic E-state index is 0.0107. The summed E-state index contributed by atoms with van der Waals surface area (Å²) in [5.41, 5.74) is 4.36. The molecule has 3 aromatic carbocycles. The molecule has 3 aromatic rings. The van der Waals surface area contributed by atoms with E-state index in [1.807, 2.05) is 47.4 Å². The highest BCUT2D eigenvalue weighted by Crippen LogP contribution is 2.36. The summed E-state index contributed by atoms with van der Waals surface area (Å²) in [7, 11) is 0. The smallest absolute Gasteiger partial charge is 0.337 e. The molecule has 6 rings (SSSR count). The molecular formula is C32H32ClNO6. The minimum Gasteiger partial charge on any atom is -0.489 e. The molecule has 3 atom stereocenters. The van der Waals surface area contributed by atoms with Crippen molar-refractivity contribution in [3.8, 4) is 16.9 Å². The quantitative estimate of drug-likeness (QED) is 0.329. The molecule has 1 aliphatic carbocycles. The fraction of sp³-hybridized carbons (Fsp3) is 0.375. The number of carboxylic acids is 1. The summed E-state index contributed by atoms with van der Waals surface area (Å²) in [6.07, 6.45) is 5.92. The number of halogens is 1. The summed E-state index contributed by atoms with van der Waals surface area (Å²) in [5.74, 6) is -0.300. The van der Waals surface area contributed by atoms with Crippen molar-refractivity contribution in [2.45, 2.75) is 70.1 Å². The zero-order valence-corrected chi connectivity index (χ0v) is 22.9. The van der Waals surface area contributed by atoms with Crippen molar-refractivity contribution >= 4 is 23.5 Å². The van der Waals surface area contributed by atoms with Crippen molar-refractivity contribution in [2.24, 2.45) is 0 Å². The van der Waals surface area contributed by atoms with Gasteiger partial charge in [0, 0.05) is 18.7 Å². The maximum atomic E-state index is 13.3. The molecular weight excluding hydrogens is 530 g/mol. The minimum atomic E-state index is -1.06. The Hall–Kier alpha value is -3.39. The van der Waals surface area contributed by atoms with Gasteiger partial charge in [0.2, 0.25) is 0 Å². The molecule has 2 fully saturated rings. The van der Waals surface area contributed by atoms with Crippen LogP contribution in [0.1, 0.15) is 70.4 Å². The number of ether oxygens (including phenoxy) is 3. The molecule has 2 heterocycles. The van der Waals surface area contributed by atoms with E-state index in [0.29, 0.717) is 18.9 Å². The number of hydrogen-bond donors (Lipinski definition) is 1. The third kappa shape index (κ3) is 5.59. The second-order valence-electron chi connectivity index (χ2n) is 10.7. The van der Waals surface area contributed by atoms with E-state index in [9.17, 15) is 14.7 Å². The van der Waals surface area contributed by atoms with E-state index in [1.54, 1.807) is 18.2 Å². The predicted molar refractivity (Wildman–Crippen MR) is 151 cm³/mol. The van der Waals surface area contributed by atoms with Crippen molar-refractivity contribution in [3.63, 3.8) is 0 Å². The Morgan fingerprint density at radius 3 is 2.70 bits per heavy atom. The average molecular weight is 562 g/mol. The lowest BCUT2D eigenvalue weighted by atomic mass is 10.0. The summed E-state index contributed by atoms with van der Waals surface area (Å²) in [4.78, 5) is 26.8. The van der Waals surface area contributed by atoms with Crippen LogP contribution in [0.2, 0.25) is 5.02 Å². The van der Waals surface area contributed by atoms with Gasteiger partial charge in [0.05, 0.1) is 22.7 Å². The molecule has 0 radical (unpaired) electrons. The largest absolute Gasteiger partial charge is 0.489 e. The van der Waals surface area contributed by atoms with Gasteiger partial charge >= 0.3 is 5.97 Å². The van der Waals surface area contributed by atoms with Crippen molar-refractivity contribution in [3.05, 3.63) is 87.9 Å². The SMILES string of the molecule is O=C(O)c1cc(-c2cccc(COc3ccc4c(c3)CN(C3CCCC3OC3CCCCO3)C4=O)c2)ccc1Cl. The molecule has 1 saturated carbocycles. The number of amides is 1. The van der Waals surface area contributed by atoms with E-state index in [0.717, 1.165) is 72.9 Å². The molecule has 0 spiro atoms. The maximum Gasteiger partial charge on any atom is 0.337 e. The standard InChI is InChI=1S/C32H32ClNO6/c33-27-13-10-22(17-26(27)32(36)37)21-6-3-5-20(15-21)19-39-24-11-12-25-23(16-24)18-34(31(25)35)28-7-4-8-29(28)40-30-9-1-2-14-38-30/h3,5-6,10-13,15-17,28-30H,1-2,4,7-9,14,18-19H2,(H,36,37). The highest BCUT2D eigenvalue weighted by atomic mass is 35.5. The van der Waals surface area contributed by atoms with Gasteiger partial charge in [0.1, 0.15) is 12.4 Å². The van der Waals surface area contributed by atoms with Gasteiger partial charge < -0.3 is 24.2 Å². The number of carbonyl (C=O) groups is 2. The zero-order valence-electron chi connectivity index (χ0n) is 22.2. The number of rotatable bonds is 8. The number of nitrogens with zero attached hydrogens (tertiary/aromatic N) is 1. The lowest BCUT2D eigenvalue weighted by Gasteiger charge is -2.33. The highest BCUT2D eigenvalue weighted by Gasteiger charge is 2.41. The Balaban J connectivity index is 1.11. The summed E-state index contributed by atoms with van der Waals surface area (Å²) in [6.45, 7) is 1.64. The molecule has 3 aliphatic rings. The van der Waals surface area contributed by atoms with E-state index in [4.69, 9.17) is 25.8 Å². The third-order valence-corrected chi connectivity index (χ3v) is 8.38. The molecule has 3 unspecified atom stereocenters. The van der Waals surface area contributed by atoms with Crippen LogP contribution in [0.15, 0.2) is 60.7 Å². The lowest BCUT2D eigenvalue weighted by Crippen LogP contribution is -2.43. The number of carboxylic acid groups (broad SMARTS) is 1. The van der Waals surface area contributed by atoms with Crippen molar-refractivity contribution in [1.82, 2.24) is 4.90 Å². The topological polar surface area (TPSA) is 85.3 Å². The van der Waals surface area contributed by atoms with Gasteiger partial charge in [-0.25, -0.2) is 4.79 Å². The fourth-order valence-electron chi connectivity index (χ4n) is 5.99. The first-order chi connectivity index (χ1) is 19.5. The van der Waals surface area contributed by atoms with Crippen molar-refractivity contribution in [1.29, 1.82) is 0 Å². The van der Waals surface area contributed by atoms with Crippen LogP contribution >= 0.6 is 11.6 Å². The summed E-state index contributed by atoms with van der Waals surface area (Å²) in [6, 6.07) is 18.5. The van der Waals surface area contributed by atoms with Crippen LogP contribution in [-0.4, -0.2) is 46.9 Å². The Labute approximate surface area is 238 Å². The molecule has 2 aliphatic heterocycles. The molecule has 0 bridgehead atoms. The van der Waals surface area contributed by atoms with Crippen molar-refractivity contribution in [2.75, 3.05) is 6.61 Å². The van der Waals surface area contributed by atoms with Crippen LogP contribution < -0.4 is 4.74 Å². The second-order valence-corrected chi connectivity index (χ2v) is 11.1. The molecule has 208 valence electrons.